The van der Waals surface area contributed by atoms with Gasteiger partial charge in [-0.3, -0.25) is 4.98 Å². The van der Waals surface area contributed by atoms with Gasteiger partial charge in [0.2, 0.25) is 0 Å². The van der Waals surface area contributed by atoms with Gasteiger partial charge < -0.3 is 5.32 Å². The van der Waals surface area contributed by atoms with Crippen molar-refractivity contribution in [3.63, 3.8) is 0 Å². The van der Waals surface area contributed by atoms with Gasteiger partial charge in [-0.05, 0) is 24.5 Å². The maximum atomic E-state index is 4.38. The van der Waals surface area contributed by atoms with Gasteiger partial charge in [-0.15, -0.1) is 0 Å². The molecule has 1 unspecified atom stereocenters. The highest BCUT2D eigenvalue weighted by Gasteiger charge is 2.22. The molecule has 2 rings (SSSR count). The fraction of sp³-hybridized carbons (Fsp3) is 0.545. The molecule has 1 aliphatic carbocycles. The molecule has 0 radical (unpaired) electrons. The zero-order chi connectivity index (χ0) is 9.26. The highest BCUT2D eigenvalue weighted by Crippen LogP contribution is 2.29. The molecule has 0 bridgehead atoms. The lowest BCUT2D eigenvalue weighted by molar-refractivity contribution is 0.475. The van der Waals surface area contributed by atoms with Crippen LogP contribution in [-0.4, -0.2) is 11.0 Å². The molecule has 0 saturated heterocycles. The lowest BCUT2D eigenvalue weighted by Crippen LogP contribution is -2.26. The normalized spacial score (nSPS) is 20.7. The lowest BCUT2D eigenvalue weighted by atomic mass is 10.1. The molecule has 1 aliphatic rings. The summed E-state index contributed by atoms with van der Waals surface area (Å²) in [6.45, 7) is 4.38. The van der Waals surface area contributed by atoms with Crippen molar-refractivity contribution in [1.29, 1.82) is 0 Å². The summed E-state index contributed by atoms with van der Waals surface area (Å²) in [7, 11) is 0. The number of rotatable bonds is 2. The predicted molar refractivity (Wildman–Crippen MR) is 53.6 cm³/mol. The summed E-state index contributed by atoms with van der Waals surface area (Å²) in [5.41, 5.74) is 2.68. The Morgan fingerprint density at radius 2 is 2.38 bits per heavy atom. The smallest absolute Gasteiger partial charge is 0.0452 e. The molecule has 70 valence electrons. The van der Waals surface area contributed by atoms with Crippen LogP contribution in [0.2, 0.25) is 0 Å². The number of aromatic nitrogens is 1. The van der Waals surface area contributed by atoms with Gasteiger partial charge in [0, 0.05) is 24.0 Å². The molecule has 1 atom stereocenters. The number of aryl methyl sites for hydroxylation is 1. The monoisotopic (exact) mass is 176 g/mol. The van der Waals surface area contributed by atoms with Crippen LogP contribution in [0.15, 0.2) is 18.3 Å². The second kappa shape index (κ2) is 3.46. The quantitative estimate of drug-likeness (QED) is 0.746. The van der Waals surface area contributed by atoms with E-state index in [2.05, 4.69) is 30.2 Å². The summed E-state index contributed by atoms with van der Waals surface area (Å²) in [5.74, 6) is 0. The molecule has 0 aromatic carbocycles. The Hall–Kier alpha value is -0.890. The lowest BCUT2D eigenvalue weighted by Gasteiger charge is -2.16. The first-order valence-corrected chi connectivity index (χ1v) is 4.97. The molecule has 0 aliphatic heterocycles. The average Bonchev–Trinajstić information content (AvgIpc) is 2.48. The van der Waals surface area contributed by atoms with Gasteiger partial charge in [0.15, 0.2) is 0 Å². The molecule has 1 aromatic heterocycles. The van der Waals surface area contributed by atoms with Crippen LogP contribution in [0.5, 0.6) is 0 Å². The Morgan fingerprint density at radius 3 is 3.15 bits per heavy atom. The number of nitrogens with zero attached hydrogens (tertiary/aromatic N) is 1. The number of fused-ring (bicyclic) bond motifs is 1. The Morgan fingerprint density at radius 1 is 1.54 bits per heavy atom. The molecule has 13 heavy (non-hydrogen) atoms. The van der Waals surface area contributed by atoms with Crippen molar-refractivity contribution in [3.05, 3.63) is 29.6 Å². The Bertz CT molecular complexity index is 294. The van der Waals surface area contributed by atoms with Crippen molar-refractivity contribution >= 4 is 0 Å². The molecular weight excluding hydrogens is 160 g/mol. The Balaban J connectivity index is 2.18. The van der Waals surface area contributed by atoms with Gasteiger partial charge in [0.1, 0.15) is 0 Å². The van der Waals surface area contributed by atoms with E-state index >= 15 is 0 Å². The van der Waals surface area contributed by atoms with E-state index in [0.717, 1.165) is 6.42 Å². The van der Waals surface area contributed by atoms with E-state index in [4.69, 9.17) is 0 Å². The standard InChI is InChI=1S/C11H16N2/c1-8(2)13-11-6-5-10-9(11)4-3-7-12-10/h3-4,7-8,11,13H,5-6H2,1-2H3. The van der Waals surface area contributed by atoms with Crippen molar-refractivity contribution in [1.82, 2.24) is 10.3 Å². The third kappa shape index (κ3) is 1.73. The van der Waals surface area contributed by atoms with Gasteiger partial charge >= 0.3 is 0 Å². The SMILES string of the molecule is CC(C)NC1CCc2ncccc21. The summed E-state index contributed by atoms with van der Waals surface area (Å²) >= 11 is 0. The summed E-state index contributed by atoms with van der Waals surface area (Å²) in [5, 5.41) is 3.56. The molecule has 2 heteroatoms. The van der Waals surface area contributed by atoms with Gasteiger partial charge in [0.25, 0.3) is 0 Å². The third-order valence-electron chi connectivity index (χ3n) is 2.51. The van der Waals surface area contributed by atoms with Crippen LogP contribution in [0.1, 0.15) is 37.6 Å². The third-order valence-corrected chi connectivity index (χ3v) is 2.51. The molecule has 0 spiro atoms. The number of hydrogen-bond donors (Lipinski definition) is 1. The van der Waals surface area contributed by atoms with Gasteiger partial charge in [0.05, 0.1) is 0 Å². The zero-order valence-electron chi connectivity index (χ0n) is 8.25. The van der Waals surface area contributed by atoms with E-state index in [0.29, 0.717) is 12.1 Å². The van der Waals surface area contributed by atoms with E-state index in [-0.39, 0.29) is 0 Å². The van der Waals surface area contributed by atoms with E-state index in [1.54, 1.807) is 0 Å². The molecule has 0 saturated carbocycles. The highest BCUT2D eigenvalue weighted by molar-refractivity contribution is 5.28. The molecule has 1 heterocycles. The minimum absolute atomic E-state index is 0.531. The van der Waals surface area contributed by atoms with Crippen LogP contribution in [0.4, 0.5) is 0 Å². The van der Waals surface area contributed by atoms with Gasteiger partial charge in [-0.1, -0.05) is 19.9 Å². The molecule has 2 nitrogen and oxygen atoms in total. The first kappa shape index (κ1) is 8.70. The molecule has 0 amide bonds. The minimum Gasteiger partial charge on any atom is -0.308 e. The topological polar surface area (TPSA) is 24.9 Å². The average molecular weight is 176 g/mol. The summed E-state index contributed by atoms with van der Waals surface area (Å²) in [4.78, 5) is 4.38. The van der Waals surface area contributed by atoms with Gasteiger partial charge in [-0.25, -0.2) is 0 Å². The fourth-order valence-electron chi connectivity index (χ4n) is 1.99. The van der Waals surface area contributed by atoms with E-state index in [1.807, 2.05) is 12.3 Å². The van der Waals surface area contributed by atoms with Crippen molar-refractivity contribution in [2.45, 2.75) is 38.8 Å². The van der Waals surface area contributed by atoms with Crippen LogP contribution in [0.3, 0.4) is 0 Å². The molecule has 1 aromatic rings. The van der Waals surface area contributed by atoms with Crippen molar-refractivity contribution < 1.29 is 0 Å². The molecule has 1 N–H and O–H groups in total. The summed E-state index contributed by atoms with van der Waals surface area (Å²) in [6.07, 6.45) is 4.21. The zero-order valence-corrected chi connectivity index (χ0v) is 8.25. The maximum absolute atomic E-state index is 4.38. The number of nitrogens with one attached hydrogen (secondary N) is 1. The van der Waals surface area contributed by atoms with E-state index in [9.17, 15) is 0 Å². The van der Waals surface area contributed by atoms with Crippen LogP contribution < -0.4 is 5.32 Å². The van der Waals surface area contributed by atoms with Crippen molar-refractivity contribution in [3.8, 4) is 0 Å². The van der Waals surface area contributed by atoms with Crippen LogP contribution >= 0.6 is 0 Å². The molecule has 0 fully saturated rings. The summed E-state index contributed by atoms with van der Waals surface area (Å²) in [6, 6.07) is 5.30. The first-order chi connectivity index (χ1) is 6.27. The minimum atomic E-state index is 0.531. The van der Waals surface area contributed by atoms with E-state index < -0.39 is 0 Å². The largest absolute Gasteiger partial charge is 0.308 e. The van der Waals surface area contributed by atoms with Crippen molar-refractivity contribution in [2.75, 3.05) is 0 Å². The number of pyridine rings is 1. The second-order valence-corrected chi connectivity index (χ2v) is 3.95. The van der Waals surface area contributed by atoms with Crippen LogP contribution in [0, 0.1) is 0 Å². The highest BCUT2D eigenvalue weighted by atomic mass is 14.9. The number of hydrogen-bond acceptors (Lipinski definition) is 2. The Kier molecular flexibility index (Phi) is 2.32. The fourth-order valence-corrected chi connectivity index (χ4v) is 1.99. The van der Waals surface area contributed by atoms with Crippen molar-refractivity contribution in [2.24, 2.45) is 0 Å². The summed E-state index contributed by atoms with van der Waals surface area (Å²) < 4.78 is 0. The van der Waals surface area contributed by atoms with Crippen LogP contribution in [-0.2, 0) is 6.42 Å². The second-order valence-electron chi connectivity index (χ2n) is 3.95. The van der Waals surface area contributed by atoms with Crippen LogP contribution in [0.25, 0.3) is 0 Å². The molecular formula is C11H16N2. The van der Waals surface area contributed by atoms with E-state index in [1.165, 1.54) is 17.7 Å². The maximum Gasteiger partial charge on any atom is 0.0452 e. The predicted octanol–water partition coefficient (Wildman–Crippen LogP) is 2.07. The van der Waals surface area contributed by atoms with Gasteiger partial charge in [-0.2, -0.15) is 0 Å². The Labute approximate surface area is 79.4 Å². The first-order valence-electron chi connectivity index (χ1n) is 4.97.